The van der Waals surface area contributed by atoms with Crippen LogP contribution in [0, 0.1) is 28.4 Å². The second-order valence-electron chi connectivity index (χ2n) is 4.57. The molecule has 1 aromatic rings. The number of ether oxygens (including phenoxy) is 1. The Kier molecular flexibility index (Phi) is 3.37. The molecule has 0 aliphatic heterocycles. The highest BCUT2D eigenvalue weighted by molar-refractivity contribution is 5.49. The molecule has 0 unspecified atom stereocenters. The summed E-state index contributed by atoms with van der Waals surface area (Å²) in [7, 11) is 1.28. The van der Waals surface area contributed by atoms with Crippen LogP contribution in [0.4, 0.5) is 14.5 Å². The number of anilines is 1. The van der Waals surface area contributed by atoms with E-state index in [1.54, 1.807) is 0 Å². The molecule has 0 spiro atoms. The molecule has 0 bridgehead atoms. The van der Waals surface area contributed by atoms with E-state index >= 15 is 0 Å². The number of rotatable bonds is 4. The van der Waals surface area contributed by atoms with Gasteiger partial charge in [0.1, 0.15) is 5.82 Å². The Hall–Kier alpha value is -1.83. The first-order valence-corrected chi connectivity index (χ1v) is 5.78. The van der Waals surface area contributed by atoms with Gasteiger partial charge in [0.25, 0.3) is 0 Å². The average Bonchev–Trinajstić information content (AvgIpc) is 2.32. The van der Waals surface area contributed by atoms with Crippen LogP contribution < -0.4 is 10.1 Å². The summed E-state index contributed by atoms with van der Waals surface area (Å²) in [6, 6.07) is 4.29. The van der Waals surface area contributed by atoms with Gasteiger partial charge < -0.3 is 10.1 Å². The van der Waals surface area contributed by atoms with Gasteiger partial charge >= 0.3 is 0 Å². The highest BCUT2D eigenvalue weighted by atomic mass is 19.1. The summed E-state index contributed by atoms with van der Waals surface area (Å²) in [6.45, 7) is 0.339. The summed E-state index contributed by atoms with van der Waals surface area (Å²) in [6.07, 6.45) is 2.61. The van der Waals surface area contributed by atoms with Gasteiger partial charge in [-0.2, -0.15) is 5.26 Å². The quantitative estimate of drug-likeness (QED) is 0.895. The number of hydrogen-bond acceptors (Lipinski definition) is 3. The second kappa shape index (κ2) is 4.81. The van der Waals surface area contributed by atoms with Gasteiger partial charge in [-0.15, -0.1) is 0 Å². The Morgan fingerprint density at radius 1 is 1.39 bits per heavy atom. The molecule has 0 atom stereocenters. The molecule has 1 fully saturated rings. The molecular formula is C13H14F2N2O. The molecule has 3 nitrogen and oxygen atoms in total. The molecule has 1 aliphatic rings. The minimum atomic E-state index is -0.624. The van der Waals surface area contributed by atoms with Gasteiger partial charge in [-0.1, -0.05) is 6.42 Å². The van der Waals surface area contributed by atoms with Crippen molar-refractivity contribution in [2.75, 3.05) is 19.0 Å². The van der Waals surface area contributed by atoms with Crippen molar-refractivity contribution in [2.45, 2.75) is 19.3 Å². The maximum Gasteiger partial charge on any atom is 0.167 e. The summed E-state index contributed by atoms with van der Waals surface area (Å²) < 4.78 is 31.7. The lowest BCUT2D eigenvalue weighted by molar-refractivity contribution is 0.233. The molecule has 0 heterocycles. The number of methoxy groups -OCH3 is 1. The molecule has 1 aliphatic carbocycles. The third kappa shape index (κ3) is 2.23. The second-order valence-corrected chi connectivity index (χ2v) is 4.57. The molecule has 5 heteroatoms. The van der Waals surface area contributed by atoms with Crippen LogP contribution in [0.2, 0.25) is 0 Å². The molecule has 96 valence electrons. The largest absolute Gasteiger partial charge is 0.494 e. The van der Waals surface area contributed by atoms with Crippen LogP contribution >= 0.6 is 0 Å². The third-order valence-electron chi connectivity index (χ3n) is 3.41. The van der Waals surface area contributed by atoms with Crippen molar-refractivity contribution in [3.8, 4) is 11.8 Å². The number of nitriles is 1. The maximum atomic E-state index is 13.6. The van der Waals surface area contributed by atoms with E-state index in [1.807, 2.05) is 0 Å². The van der Waals surface area contributed by atoms with Crippen LogP contribution in [0.1, 0.15) is 19.3 Å². The highest BCUT2D eigenvalue weighted by Gasteiger charge is 2.37. The summed E-state index contributed by atoms with van der Waals surface area (Å²) >= 11 is 0. The van der Waals surface area contributed by atoms with Crippen LogP contribution in [0.15, 0.2) is 12.1 Å². The monoisotopic (exact) mass is 252 g/mol. The van der Waals surface area contributed by atoms with Crippen LogP contribution in [0.3, 0.4) is 0 Å². The van der Waals surface area contributed by atoms with E-state index in [0.717, 1.165) is 31.4 Å². The zero-order valence-electron chi connectivity index (χ0n) is 10.1. The van der Waals surface area contributed by atoms with Gasteiger partial charge in [0.15, 0.2) is 11.6 Å². The molecule has 0 aromatic heterocycles. The fraction of sp³-hybridized carbons (Fsp3) is 0.462. The normalized spacial score (nSPS) is 16.6. The molecule has 0 radical (unpaired) electrons. The third-order valence-corrected chi connectivity index (χ3v) is 3.41. The lowest BCUT2D eigenvalue weighted by Gasteiger charge is -2.35. The molecule has 1 aromatic carbocycles. The van der Waals surface area contributed by atoms with E-state index in [9.17, 15) is 8.78 Å². The van der Waals surface area contributed by atoms with Gasteiger partial charge in [-0.05, 0) is 12.8 Å². The smallest absolute Gasteiger partial charge is 0.167 e. The van der Waals surface area contributed by atoms with E-state index in [0.29, 0.717) is 6.54 Å². The average molecular weight is 252 g/mol. The molecule has 2 rings (SSSR count). The highest BCUT2D eigenvalue weighted by Crippen LogP contribution is 2.40. The first-order chi connectivity index (χ1) is 8.60. The van der Waals surface area contributed by atoms with Crippen molar-refractivity contribution in [3.63, 3.8) is 0 Å². The molecule has 0 saturated heterocycles. The Labute approximate surface area is 104 Å². The minimum Gasteiger partial charge on any atom is -0.494 e. The summed E-state index contributed by atoms with van der Waals surface area (Å²) in [4.78, 5) is 0. The lowest BCUT2D eigenvalue weighted by Crippen LogP contribution is -2.35. The number of hydrogen-bond donors (Lipinski definition) is 1. The molecule has 1 N–H and O–H groups in total. The van der Waals surface area contributed by atoms with Crippen LogP contribution in [-0.2, 0) is 0 Å². The van der Waals surface area contributed by atoms with Crippen molar-refractivity contribution in [1.82, 2.24) is 0 Å². The van der Waals surface area contributed by atoms with E-state index in [2.05, 4.69) is 16.1 Å². The molecular weight excluding hydrogens is 238 g/mol. The predicted octanol–water partition coefficient (Wildman–Crippen LogP) is 3.08. The van der Waals surface area contributed by atoms with Crippen molar-refractivity contribution in [1.29, 1.82) is 5.26 Å². The summed E-state index contributed by atoms with van der Waals surface area (Å²) in [5.41, 5.74) is -0.363. The van der Waals surface area contributed by atoms with Crippen LogP contribution in [0.5, 0.6) is 5.75 Å². The number of halogens is 2. The van der Waals surface area contributed by atoms with E-state index in [4.69, 9.17) is 5.26 Å². The standard InChI is InChI=1S/C13H14F2N2O/c1-18-12-6-9(14)11(5-10(12)15)17-8-13(7-16)3-2-4-13/h5-6,17H,2-4,8H2,1H3. The number of nitrogens with zero attached hydrogens (tertiary/aromatic N) is 1. The fourth-order valence-electron chi connectivity index (χ4n) is 2.02. The maximum absolute atomic E-state index is 13.6. The SMILES string of the molecule is COc1cc(F)c(NCC2(C#N)CCC2)cc1F. The lowest BCUT2D eigenvalue weighted by atomic mass is 9.70. The van der Waals surface area contributed by atoms with E-state index in [1.165, 1.54) is 7.11 Å². The predicted molar refractivity (Wildman–Crippen MR) is 63.3 cm³/mol. The van der Waals surface area contributed by atoms with Gasteiger partial charge in [-0.3, -0.25) is 0 Å². The topological polar surface area (TPSA) is 45.0 Å². The summed E-state index contributed by atoms with van der Waals surface area (Å²) in [5.74, 6) is -1.33. The molecule has 1 saturated carbocycles. The molecule has 18 heavy (non-hydrogen) atoms. The van der Waals surface area contributed by atoms with Crippen molar-refractivity contribution >= 4 is 5.69 Å². The zero-order valence-corrected chi connectivity index (χ0v) is 10.1. The molecule has 0 amide bonds. The van der Waals surface area contributed by atoms with Gasteiger partial charge in [0, 0.05) is 18.7 Å². The van der Waals surface area contributed by atoms with Gasteiger partial charge in [-0.25, -0.2) is 8.78 Å². The Morgan fingerprint density at radius 3 is 2.61 bits per heavy atom. The Balaban J connectivity index is 2.10. The van der Waals surface area contributed by atoms with Crippen LogP contribution in [0.25, 0.3) is 0 Å². The van der Waals surface area contributed by atoms with Gasteiger partial charge in [0.05, 0.1) is 24.3 Å². The Bertz CT molecular complexity index is 492. The van der Waals surface area contributed by atoms with Crippen molar-refractivity contribution < 1.29 is 13.5 Å². The first kappa shape index (κ1) is 12.6. The number of nitrogens with one attached hydrogen (secondary N) is 1. The van der Waals surface area contributed by atoms with E-state index < -0.39 is 17.0 Å². The van der Waals surface area contributed by atoms with Crippen molar-refractivity contribution in [3.05, 3.63) is 23.8 Å². The zero-order chi connectivity index (χ0) is 13.2. The first-order valence-electron chi connectivity index (χ1n) is 5.78. The van der Waals surface area contributed by atoms with E-state index in [-0.39, 0.29) is 11.4 Å². The van der Waals surface area contributed by atoms with Gasteiger partial charge in [0.2, 0.25) is 0 Å². The fourth-order valence-corrected chi connectivity index (χ4v) is 2.02. The van der Waals surface area contributed by atoms with Crippen LogP contribution in [-0.4, -0.2) is 13.7 Å². The Morgan fingerprint density at radius 2 is 2.11 bits per heavy atom. The minimum absolute atomic E-state index is 0.0647. The number of benzene rings is 1. The summed E-state index contributed by atoms with van der Waals surface area (Å²) in [5, 5.41) is 11.8. The van der Waals surface area contributed by atoms with Crippen molar-refractivity contribution in [2.24, 2.45) is 5.41 Å².